The third kappa shape index (κ3) is 4.99. The lowest BCUT2D eigenvalue weighted by atomic mass is 10.2. The van der Waals surface area contributed by atoms with Crippen molar-refractivity contribution in [3.63, 3.8) is 0 Å². The van der Waals surface area contributed by atoms with Crippen LogP contribution in [-0.2, 0) is 6.54 Å². The quantitative estimate of drug-likeness (QED) is 0.790. The lowest BCUT2D eigenvalue weighted by Gasteiger charge is -2.36. The van der Waals surface area contributed by atoms with Gasteiger partial charge in [-0.05, 0) is 25.5 Å². The van der Waals surface area contributed by atoms with Crippen molar-refractivity contribution in [2.75, 3.05) is 38.2 Å². The van der Waals surface area contributed by atoms with Crippen LogP contribution in [0.15, 0.2) is 29.6 Å². The highest BCUT2D eigenvalue weighted by Crippen LogP contribution is 2.28. The van der Waals surface area contributed by atoms with E-state index in [2.05, 4.69) is 33.1 Å². The Morgan fingerprint density at radius 3 is 2.74 bits per heavy atom. The SMILES string of the molecule is CC[C@H](C)NC(=O)c1csc(CN2CCN(c3ccccc3OC)CC2)n1. The van der Waals surface area contributed by atoms with Gasteiger partial charge >= 0.3 is 0 Å². The Kier molecular flexibility index (Phi) is 6.68. The first-order valence-corrected chi connectivity index (χ1v) is 10.3. The molecule has 0 aliphatic carbocycles. The van der Waals surface area contributed by atoms with Crippen LogP contribution in [-0.4, -0.2) is 55.1 Å². The van der Waals surface area contributed by atoms with Gasteiger partial charge in [-0.1, -0.05) is 19.1 Å². The molecule has 2 aromatic rings. The highest BCUT2D eigenvalue weighted by atomic mass is 32.1. The van der Waals surface area contributed by atoms with Gasteiger partial charge in [0.25, 0.3) is 5.91 Å². The molecule has 1 aromatic carbocycles. The molecule has 0 unspecified atom stereocenters. The largest absolute Gasteiger partial charge is 0.495 e. The molecule has 3 rings (SSSR count). The minimum atomic E-state index is -0.0761. The Morgan fingerprint density at radius 1 is 1.30 bits per heavy atom. The fourth-order valence-electron chi connectivity index (χ4n) is 3.12. The molecule has 27 heavy (non-hydrogen) atoms. The van der Waals surface area contributed by atoms with Crippen LogP contribution < -0.4 is 15.0 Å². The molecule has 1 N–H and O–H groups in total. The number of hydrogen-bond acceptors (Lipinski definition) is 6. The third-order valence-electron chi connectivity index (χ3n) is 4.93. The van der Waals surface area contributed by atoms with E-state index in [1.54, 1.807) is 18.4 Å². The molecule has 0 bridgehead atoms. The zero-order chi connectivity index (χ0) is 19.2. The van der Waals surface area contributed by atoms with Gasteiger partial charge in [-0.3, -0.25) is 9.69 Å². The lowest BCUT2D eigenvalue weighted by Crippen LogP contribution is -2.46. The van der Waals surface area contributed by atoms with Gasteiger partial charge in [0.2, 0.25) is 0 Å². The van der Waals surface area contributed by atoms with Crippen LogP contribution in [0.4, 0.5) is 5.69 Å². The number of ether oxygens (including phenoxy) is 1. The summed E-state index contributed by atoms with van der Waals surface area (Å²) in [6, 6.07) is 8.33. The number of anilines is 1. The van der Waals surface area contributed by atoms with Crippen LogP contribution in [0.25, 0.3) is 0 Å². The molecule has 1 aromatic heterocycles. The summed E-state index contributed by atoms with van der Waals surface area (Å²) in [5, 5.41) is 5.83. The highest BCUT2D eigenvalue weighted by molar-refractivity contribution is 7.09. The fourth-order valence-corrected chi connectivity index (χ4v) is 3.93. The average molecular weight is 389 g/mol. The number of para-hydroxylation sites is 2. The van der Waals surface area contributed by atoms with Gasteiger partial charge in [0.15, 0.2) is 0 Å². The molecule has 0 radical (unpaired) electrons. The number of carbonyl (C=O) groups is 1. The number of benzene rings is 1. The molecule has 1 atom stereocenters. The average Bonchev–Trinajstić information content (AvgIpc) is 3.17. The van der Waals surface area contributed by atoms with Crippen LogP contribution in [0.1, 0.15) is 35.8 Å². The first-order valence-electron chi connectivity index (χ1n) is 9.46. The van der Waals surface area contributed by atoms with E-state index in [4.69, 9.17) is 4.74 Å². The topological polar surface area (TPSA) is 57.7 Å². The number of methoxy groups -OCH3 is 1. The normalized spacial score (nSPS) is 16.2. The van der Waals surface area contributed by atoms with E-state index in [-0.39, 0.29) is 11.9 Å². The Hall–Kier alpha value is -2.12. The molecule has 1 aliphatic heterocycles. The Balaban J connectivity index is 1.53. The molecule has 1 amide bonds. The van der Waals surface area contributed by atoms with E-state index in [1.807, 2.05) is 30.5 Å². The lowest BCUT2D eigenvalue weighted by molar-refractivity contribution is 0.0934. The van der Waals surface area contributed by atoms with E-state index in [9.17, 15) is 4.79 Å². The zero-order valence-electron chi connectivity index (χ0n) is 16.3. The summed E-state index contributed by atoms with van der Waals surface area (Å²) in [5.74, 6) is 0.843. The first-order chi connectivity index (χ1) is 13.1. The zero-order valence-corrected chi connectivity index (χ0v) is 17.1. The monoisotopic (exact) mass is 388 g/mol. The molecule has 6 nitrogen and oxygen atoms in total. The molecule has 2 heterocycles. The van der Waals surface area contributed by atoms with Gasteiger partial charge in [-0.2, -0.15) is 0 Å². The molecular weight excluding hydrogens is 360 g/mol. The summed E-state index contributed by atoms with van der Waals surface area (Å²) in [7, 11) is 1.71. The minimum Gasteiger partial charge on any atom is -0.495 e. The summed E-state index contributed by atoms with van der Waals surface area (Å²) >= 11 is 1.56. The summed E-state index contributed by atoms with van der Waals surface area (Å²) < 4.78 is 5.48. The molecule has 1 saturated heterocycles. The molecule has 0 saturated carbocycles. The van der Waals surface area contributed by atoms with Crippen LogP contribution in [0.2, 0.25) is 0 Å². The summed E-state index contributed by atoms with van der Waals surface area (Å²) in [5.41, 5.74) is 1.68. The number of rotatable bonds is 7. The van der Waals surface area contributed by atoms with Crippen molar-refractivity contribution < 1.29 is 9.53 Å². The first kappa shape index (κ1) is 19.6. The Bertz CT molecular complexity index is 756. The van der Waals surface area contributed by atoms with Gasteiger partial charge in [0.05, 0.1) is 19.3 Å². The van der Waals surface area contributed by atoms with E-state index < -0.39 is 0 Å². The molecule has 1 fully saturated rings. The van der Waals surface area contributed by atoms with Crippen molar-refractivity contribution in [3.8, 4) is 5.75 Å². The number of nitrogens with one attached hydrogen (secondary N) is 1. The summed E-state index contributed by atoms with van der Waals surface area (Å²) in [6.07, 6.45) is 0.916. The van der Waals surface area contributed by atoms with Crippen molar-refractivity contribution in [1.82, 2.24) is 15.2 Å². The maximum Gasteiger partial charge on any atom is 0.270 e. The van der Waals surface area contributed by atoms with Gasteiger partial charge in [-0.15, -0.1) is 11.3 Å². The number of amides is 1. The number of thiazole rings is 1. The van der Waals surface area contributed by atoms with Crippen molar-refractivity contribution in [3.05, 3.63) is 40.3 Å². The number of piperazine rings is 1. The third-order valence-corrected chi connectivity index (χ3v) is 5.76. The molecular formula is C20H28N4O2S. The van der Waals surface area contributed by atoms with E-state index in [0.717, 1.165) is 55.6 Å². The smallest absolute Gasteiger partial charge is 0.270 e. The number of carbonyl (C=O) groups excluding carboxylic acids is 1. The van der Waals surface area contributed by atoms with Crippen molar-refractivity contribution in [2.45, 2.75) is 32.9 Å². The highest BCUT2D eigenvalue weighted by Gasteiger charge is 2.21. The standard InChI is InChI=1S/C20H28N4O2S/c1-4-15(2)21-20(25)16-14-27-19(22-16)13-23-9-11-24(12-10-23)17-7-5-6-8-18(17)26-3/h5-8,14-15H,4,9-13H2,1-3H3,(H,21,25)/t15-/m0/s1. The second kappa shape index (κ2) is 9.19. The number of aromatic nitrogens is 1. The molecule has 146 valence electrons. The van der Waals surface area contributed by atoms with Gasteiger partial charge < -0.3 is 15.0 Å². The predicted octanol–water partition coefficient (Wildman–Crippen LogP) is 3.00. The molecule has 7 heteroatoms. The van der Waals surface area contributed by atoms with Crippen LogP contribution >= 0.6 is 11.3 Å². The second-order valence-electron chi connectivity index (χ2n) is 6.84. The number of hydrogen-bond donors (Lipinski definition) is 1. The van der Waals surface area contributed by atoms with E-state index >= 15 is 0 Å². The van der Waals surface area contributed by atoms with E-state index in [1.165, 1.54) is 0 Å². The van der Waals surface area contributed by atoms with Gasteiger partial charge in [0, 0.05) is 37.6 Å². The van der Waals surface area contributed by atoms with Crippen LogP contribution in [0.5, 0.6) is 5.75 Å². The Labute approximate surface area is 165 Å². The van der Waals surface area contributed by atoms with Gasteiger partial charge in [-0.25, -0.2) is 4.98 Å². The maximum absolute atomic E-state index is 12.2. The van der Waals surface area contributed by atoms with Crippen molar-refractivity contribution in [2.24, 2.45) is 0 Å². The summed E-state index contributed by atoms with van der Waals surface area (Å²) in [4.78, 5) is 21.5. The minimum absolute atomic E-state index is 0.0761. The van der Waals surface area contributed by atoms with Crippen LogP contribution in [0, 0.1) is 0 Å². The second-order valence-corrected chi connectivity index (χ2v) is 7.79. The fraction of sp³-hybridized carbons (Fsp3) is 0.500. The van der Waals surface area contributed by atoms with E-state index in [0.29, 0.717) is 5.69 Å². The maximum atomic E-state index is 12.2. The molecule has 1 aliphatic rings. The predicted molar refractivity (Wildman–Crippen MR) is 110 cm³/mol. The van der Waals surface area contributed by atoms with Crippen LogP contribution in [0.3, 0.4) is 0 Å². The van der Waals surface area contributed by atoms with Gasteiger partial charge in [0.1, 0.15) is 16.5 Å². The number of nitrogens with zero attached hydrogens (tertiary/aromatic N) is 3. The Morgan fingerprint density at radius 2 is 2.04 bits per heavy atom. The molecule has 0 spiro atoms. The van der Waals surface area contributed by atoms with Crippen molar-refractivity contribution >= 4 is 22.9 Å². The summed E-state index contributed by atoms with van der Waals surface area (Å²) in [6.45, 7) is 8.69. The van der Waals surface area contributed by atoms with Crippen molar-refractivity contribution in [1.29, 1.82) is 0 Å².